The van der Waals surface area contributed by atoms with Gasteiger partial charge in [-0.05, 0) is 19.3 Å². The Morgan fingerprint density at radius 3 is 2.72 bits per heavy atom. The molecule has 0 saturated heterocycles. The van der Waals surface area contributed by atoms with Crippen LogP contribution in [0.3, 0.4) is 0 Å². The predicted octanol–water partition coefficient (Wildman–Crippen LogP) is 1.06. The highest BCUT2D eigenvalue weighted by atomic mass is 16.5. The number of rotatable bonds is 12. The zero-order chi connectivity index (χ0) is 13.6. The minimum Gasteiger partial charge on any atom is -0.382 e. The number of ether oxygens (including phenoxy) is 2. The number of unbranched alkanes of at least 4 members (excludes halogenated alkanes) is 1. The molecule has 0 aromatic carbocycles. The Hall–Kier alpha value is -0.650. The topological polar surface area (TPSA) is 73.6 Å². The molecular weight excluding hydrogens is 232 g/mol. The van der Waals surface area contributed by atoms with Gasteiger partial charge < -0.3 is 20.5 Å². The lowest BCUT2D eigenvalue weighted by molar-refractivity contribution is -0.121. The van der Waals surface area contributed by atoms with Gasteiger partial charge in [0.2, 0.25) is 5.91 Å². The fourth-order valence-corrected chi connectivity index (χ4v) is 1.58. The number of amides is 1. The van der Waals surface area contributed by atoms with E-state index in [2.05, 4.69) is 12.2 Å². The van der Waals surface area contributed by atoms with E-state index in [4.69, 9.17) is 15.2 Å². The molecule has 1 amide bonds. The molecule has 0 aliphatic carbocycles. The number of carbonyl (C=O) groups is 1. The van der Waals surface area contributed by atoms with Gasteiger partial charge in [-0.15, -0.1) is 0 Å². The highest BCUT2D eigenvalue weighted by Gasteiger charge is 2.07. The van der Waals surface area contributed by atoms with Crippen LogP contribution >= 0.6 is 0 Å². The number of nitrogens with one attached hydrogen (secondary N) is 1. The molecule has 0 aromatic heterocycles. The molecule has 1 atom stereocenters. The molecule has 5 heteroatoms. The van der Waals surface area contributed by atoms with Crippen molar-refractivity contribution in [3.63, 3.8) is 0 Å². The summed E-state index contributed by atoms with van der Waals surface area (Å²) in [6.45, 7) is 4.75. The van der Waals surface area contributed by atoms with E-state index in [0.717, 1.165) is 25.7 Å². The number of methoxy groups -OCH3 is 1. The first-order valence-electron chi connectivity index (χ1n) is 6.79. The first-order valence-corrected chi connectivity index (χ1v) is 6.79. The van der Waals surface area contributed by atoms with E-state index < -0.39 is 0 Å². The summed E-state index contributed by atoms with van der Waals surface area (Å²) in [6, 6.07) is -0.00706. The van der Waals surface area contributed by atoms with E-state index in [9.17, 15) is 4.79 Å². The number of hydrogen-bond donors (Lipinski definition) is 2. The summed E-state index contributed by atoms with van der Waals surface area (Å²) >= 11 is 0. The van der Waals surface area contributed by atoms with Crippen LogP contribution in [0.25, 0.3) is 0 Å². The molecule has 0 rings (SSSR count). The van der Waals surface area contributed by atoms with Crippen LogP contribution < -0.4 is 11.1 Å². The first kappa shape index (κ1) is 17.4. The van der Waals surface area contributed by atoms with Gasteiger partial charge in [-0.1, -0.05) is 13.3 Å². The molecule has 0 heterocycles. The monoisotopic (exact) mass is 260 g/mol. The van der Waals surface area contributed by atoms with Crippen LogP contribution in [0.1, 0.15) is 39.0 Å². The largest absolute Gasteiger partial charge is 0.382 e. The Morgan fingerprint density at radius 2 is 2.06 bits per heavy atom. The van der Waals surface area contributed by atoms with E-state index in [1.807, 2.05) is 0 Å². The van der Waals surface area contributed by atoms with Gasteiger partial charge in [0.25, 0.3) is 0 Å². The SMILES string of the molecule is CCCC(N)CC(=O)NCCCCOCCOC. The second-order valence-electron chi connectivity index (χ2n) is 4.42. The van der Waals surface area contributed by atoms with Gasteiger partial charge in [-0.2, -0.15) is 0 Å². The van der Waals surface area contributed by atoms with Gasteiger partial charge in [-0.3, -0.25) is 4.79 Å². The molecule has 0 aliphatic rings. The molecule has 0 radical (unpaired) electrons. The van der Waals surface area contributed by atoms with E-state index in [0.29, 0.717) is 32.8 Å². The van der Waals surface area contributed by atoms with Gasteiger partial charge in [-0.25, -0.2) is 0 Å². The van der Waals surface area contributed by atoms with E-state index >= 15 is 0 Å². The summed E-state index contributed by atoms with van der Waals surface area (Å²) in [5.74, 6) is 0.0521. The van der Waals surface area contributed by atoms with Crippen LogP contribution in [-0.2, 0) is 14.3 Å². The van der Waals surface area contributed by atoms with Gasteiger partial charge in [0, 0.05) is 32.7 Å². The van der Waals surface area contributed by atoms with Crippen molar-refractivity contribution in [2.45, 2.75) is 45.1 Å². The fraction of sp³-hybridized carbons (Fsp3) is 0.923. The number of carbonyl (C=O) groups excluding carboxylic acids is 1. The lowest BCUT2D eigenvalue weighted by Crippen LogP contribution is -2.32. The van der Waals surface area contributed by atoms with Gasteiger partial charge in [0.1, 0.15) is 0 Å². The van der Waals surface area contributed by atoms with Crippen molar-refractivity contribution in [3.8, 4) is 0 Å². The summed E-state index contributed by atoms with van der Waals surface area (Å²) in [4.78, 5) is 11.5. The van der Waals surface area contributed by atoms with Crippen LogP contribution in [0.5, 0.6) is 0 Å². The summed E-state index contributed by atoms with van der Waals surface area (Å²) < 4.78 is 10.2. The fourth-order valence-electron chi connectivity index (χ4n) is 1.58. The van der Waals surface area contributed by atoms with Crippen LogP contribution in [-0.4, -0.2) is 45.4 Å². The van der Waals surface area contributed by atoms with Gasteiger partial charge >= 0.3 is 0 Å². The van der Waals surface area contributed by atoms with Crippen molar-refractivity contribution in [1.29, 1.82) is 0 Å². The second-order valence-corrected chi connectivity index (χ2v) is 4.42. The highest BCUT2D eigenvalue weighted by Crippen LogP contribution is 1.98. The maximum absolute atomic E-state index is 11.5. The van der Waals surface area contributed by atoms with Crippen LogP contribution in [0.2, 0.25) is 0 Å². The quantitative estimate of drug-likeness (QED) is 0.515. The molecule has 0 spiro atoms. The third-order valence-electron chi connectivity index (χ3n) is 2.58. The molecule has 0 saturated carbocycles. The summed E-state index contributed by atoms with van der Waals surface area (Å²) in [5, 5.41) is 2.87. The van der Waals surface area contributed by atoms with Crippen molar-refractivity contribution in [2.75, 3.05) is 33.5 Å². The zero-order valence-electron chi connectivity index (χ0n) is 11.7. The van der Waals surface area contributed by atoms with Crippen LogP contribution in [0.4, 0.5) is 0 Å². The van der Waals surface area contributed by atoms with Crippen molar-refractivity contribution >= 4 is 5.91 Å². The molecule has 108 valence electrons. The third-order valence-corrected chi connectivity index (χ3v) is 2.58. The van der Waals surface area contributed by atoms with Gasteiger partial charge in [0.15, 0.2) is 0 Å². The molecule has 5 nitrogen and oxygen atoms in total. The Kier molecular flexibility index (Phi) is 12.3. The van der Waals surface area contributed by atoms with E-state index in [1.54, 1.807) is 7.11 Å². The summed E-state index contributed by atoms with van der Waals surface area (Å²) in [7, 11) is 1.65. The van der Waals surface area contributed by atoms with E-state index in [1.165, 1.54) is 0 Å². The number of hydrogen-bond acceptors (Lipinski definition) is 4. The molecule has 1 unspecified atom stereocenters. The average Bonchev–Trinajstić information content (AvgIpc) is 2.32. The molecular formula is C13H28N2O3. The van der Waals surface area contributed by atoms with Crippen LogP contribution in [0, 0.1) is 0 Å². The molecule has 0 fully saturated rings. The molecule has 0 aromatic rings. The highest BCUT2D eigenvalue weighted by molar-refractivity contribution is 5.76. The first-order chi connectivity index (χ1) is 8.70. The summed E-state index contributed by atoms with van der Waals surface area (Å²) in [6.07, 6.45) is 4.24. The normalized spacial score (nSPS) is 12.4. The standard InChI is InChI=1S/C13H28N2O3/c1-3-6-12(14)11-13(16)15-7-4-5-8-18-10-9-17-2/h12H,3-11,14H2,1-2H3,(H,15,16). The average molecular weight is 260 g/mol. The summed E-state index contributed by atoms with van der Waals surface area (Å²) in [5.41, 5.74) is 5.79. The van der Waals surface area contributed by atoms with Crippen molar-refractivity contribution in [2.24, 2.45) is 5.73 Å². The van der Waals surface area contributed by atoms with Gasteiger partial charge in [0.05, 0.1) is 13.2 Å². The maximum Gasteiger partial charge on any atom is 0.221 e. The molecule has 18 heavy (non-hydrogen) atoms. The maximum atomic E-state index is 11.5. The smallest absolute Gasteiger partial charge is 0.221 e. The second kappa shape index (κ2) is 12.8. The predicted molar refractivity (Wildman–Crippen MR) is 72.4 cm³/mol. The zero-order valence-corrected chi connectivity index (χ0v) is 11.7. The molecule has 0 aliphatic heterocycles. The van der Waals surface area contributed by atoms with E-state index in [-0.39, 0.29) is 11.9 Å². The molecule has 0 bridgehead atoms. The molecule has 3 N–H and O–H groups in total. The minimum absolute atomic E-state index is 0.00706. The minimum atomic E-state index is -0.00706. The Labute approximate surface area is 110 Å². The number of nitrogens with two attached hydrogens (primary N) is 1. The van der Waals surface area contributed by atoms with Crippen molar-refractivity contribution < 1.29 is 14.3 Å². The third kappa shape index (κ3) is 11.8. The Balaban J connectivity index is 3.25. The Morgan fingerprint density at radius 1 is 1.28 bits per heavy atom. The van der Waals surface area contributed by atoms with Crippen LogP contribution in [0.15, 0.2) is 0 Å². The Bertz CT molecular complexity index is 201. The lowest BCUT2D eigenvalue weighted by Gasteiger charge is -2.10. The van der Waals surface area contributed by atoms with Crippen molar-refractivity contribution in [1.82, 2.24) is 5.32 Å². The lowest BCUT2D eigenvalue weighted by atomic mass is 10.1. The van der Waals surface area contributed by atoms with Crippen molar-refractivity contribution in [3.05, 3.63) is 0 Å².